The Morgan fingerprint density at radius 3 is 2.76 bits per heavy atom. The van der Waals surface area contributed by atoms with Crippen molar-refractivity contribution < 1.29 is 4.79 Å². The van der Waals surface area contributed by atoms with Crippen molar-refractivity contribution in [1.82, 2.24) is 30.2 Å². The summed E-state index contributed by atoms with van der Waals surface area (Å²) in [5.74, 6) is 0.577. The zero-order valence-electron chi connectivity index (χ0n) is 17.7. The van der Waals surface area contributed by atoms with Crippen LogP contribution >= 0.6 is 27.7 Å². The highest BCUT2D eigenvalue weighted by molar-refractivity contribution is 9.10. The molecule has 3 heterocycles. The smallest absolute Gasteiger partial charge is 0.250 e. The average Bonchev–Trinajstić information content (AvgIpc) is 3.48. The van der Waals surface area contributed by atoms with E-state index in [1.807, 2.05) is 71.4 Å². The Hall–Kier alpha value is -3.76. The normalized spacial score (nSPS) is 11.3. The molecule has 0 aliphatic heterocycles. The molecular formula is C24H18BrN7OS. The second-order valence-corrected chi connectivity index (χ2v) is 9.09. The van der Waals surface area contributed by atoms with Crippen molar-refractivity contribution in [2.75, 3.05) is 5.75 Å². The number of thioether (sulfide) groups is 1. The van der Waals surface area contributed by atoms with E-state index in [0.29, 0.717) is 11.0 Å². The number of aromatic nitrogens is 5. The van der Waals surface area contributed by atoms with Gasteiger partial charge in [-0.2, -0.15) is 5.10 Å². The number of carbonyl (C=O) groups excluding carboxylic acids is 1. The predicted molar refractivity (Wildman–Crippen MR) is 137 cm³/mol. The van der Waals surface area contributed by atoms with Crippen LogP contribution in [0.1, 0.15) is 5.56 Å². The van der Waals surface area contributed by atoms with Crippen LogP contribution in [0.2, 0.25) is 0 Å². The first kappa shape index (κ1) is 22.1. The van der Waals surface area contributed by atoms with E-state index in [1.165, 1.54) is 11.8 Å². The topological polar surface area (TPSA) is 101 Å². The number of amides is 1. The van der Waals surface area contributed by atoms with Crippen molar-refractivity contribution in [3.63, 3.8) is 0 Å². The lowest BCUT2D eigenvalue weighted by molar-refractivity contribution is -0.118. The van der Waals surface area contributed by atoms with E-state index in [1.54, 1.807) is 18.6 Å². The number of carbonyl (C=O) groups is 1. The second kappa shape index (κ2) is 10.0. The van der Waals surface area contributed by atoms with Crippen LogP contribution in [0.25, 0.3) is 28.0 Å². The van der Waals surface area contributed by atoms with Crippen molar-refractivity contribution in [2.24, 2.45) is 5.10 Å². The number of hydrazone groups is 1. The molecule has 0 saturated carbocycles. The molecule has 2 N–H and O–H groups in total. The minimum Gasteiger partial charge on any atom is -0.361 e. The molecule has 168 valence electrons. The highest BCUT2D eigenvalue weighted by Crippen LogP contribution is 2.27. The zero-order chi connectivity index (χ0) is 23.3. The maximum atomic E-state index is 12.5. The molecule has 0 spiro atoms. The summed E-state index contributed by atoms with van der Waals surface area (Å²) in [6, 6.07) is 19.5. The van der Waals surface area contributed by atoms with Crippen LogP contribution in [0, 0.1) is 0 Å². The van der Waals surface area contributed by atoms with Crippen molar-refractivity contribution in [1.29, 1.82) is 0 Å². The molecule has 0 fully saturated rings. The summed E-state index contributed by atoms with van der Waals surface area (Å²) >= 11 is 4.77. The molecule has 0 saturated heterocycles. The molecular weight excluding hydrogens is 514 g/mol. The Balaban J connectivity index is 1.30. The molecule has 2 aromatic carbocycles. The minimum atomic E-state index is -0.240. The monoisotopic (exact) mass is 531 g/mol. The molecule has 5 rings (SSSR count). The van der Waals surface area contributed by atoms with Gasteiger partial charge in [-0.3, -0.25) is 14.3 Å². The maximum Gasteiger partial charge on any atom is 0.250 e. The lowest BCUT2D eigenvalue weighted by atomic mass is 10.2. The molecule has 0 aliphatic carbocycles. The highest BCUT2D eigenvalue weighted by Gasteiger charge is 2.17. The van der Waals surface area contributed by atoms with Gasteiger partial charge in [0.1, 0.15) is 0 Å². The van der Waals surface area contributed by atoms with Crippen LogP contribution in [0.4, 0.5) is 0 Å². The van der Waals surface area contributed by atoms with Gasteiger partial charge >= 0.3 is 0 Å². The Bertz CT molecular complexity index is 1470. The fraction of sp³-hybridized carbons (Fsp3) is 0.0417. The summed E-state index contributed by atoms with van der Waals surface area (Å²) in [5.41, 5.74) is 6.26. The number of benzene rings is 2. The first-order valence-corrected chi connectivity index (χ1v) is 12.1. The lowest BCUT2D eigenvalue weighted by Gasteiger charge is -2.10. The average molecular weight is 532 g/mol. The number of aromatic amines is 1. The molecule has 0 unspecified atom stereocenters. The van der Waals surface area contributed by atoms with Gasteiger partial charge in [-0.1, -0.05) is 45.9 Å². The largest absolute Gasteiger partial charge is 0.361 e. The van der Waals surface area contributed by atoms with Crippen molar-refractivity contribution >= 4 is 50.7 Å². The van der Waals surface area contributed by atoms with Crippen LogP contribution in [0.5, 0.6) is 0 Å². The standard InChI is InChI=1S/C24H18BrN7OS/c25-18-6-7-21-20(12-18)17(13-27-21)14-28-29-22(33)15-34-24-31-30-23(16-8-10-26-11-9-16)32(24)19-4-2-1-3-5-19/h1-14,27H,15H2,(H,29,33)/b28-14-. The number of hydrogen-bond acceptors (Lipinski definition) is 6. The Kier molecular flexibility index (Phi) is 6.50. The Labute approximate surface area is 207 Å². The van der Waals surface area contributed by atoms with Crippen molar-refractivity contribution in [3.05, 3.63) is 89.3 Å². The fourth-order valence-electron chi connectivity index (χ4n) is 3.42. The molecule has 0 atom stereocenters. The number of H-pyrrole nitrogens is 1. The molecule has 3 aromatic heterocycles. The number of rotatable bonds is 7. The van der Waals surface area contributed by atoms with E-state index in [-0.39, 0.29) is 11.7 Å². The third kappa shape index (κ3) is 4.78. The van der Waals surface area contributed by atoms with Gasteiger partial charge in [0.05, 0.1) is 12.0 Å². The first-order valence-electron chi connectivity index (χ1n) is 10.3. The van der Waals surface area contributed by atoms with Crippen molar-refractivity contribution in [3.8, 4) is 17.1 Å². The number of para-hydroxylation sites is 1. The van der Waals surface area contributed by atoms with Crippen LogP contribution in [0.3, 0.4) is 0 Å². The fourth-order valence-corrected chi connectivity index (χ4v) is 4.52. The maximum absolute atomic E-state index is 12.5. The molecule has 0 aliphatic rings. The van der Waals surface area contributed by atoms with Crippen LogP contribution < -0.4 is 5.43 Å². The summed E-state index contributed by atoms with van der Waals surface area (Å²) in [7, 11) is 0. The molecule has 0 radical (unpaired) electrons. The predicted octanol–water partition coefficient (Wildman–Crippen LogP) is 4.82. The third-order valence-electron chi connectivity index (χ3n) is 4.99. The molecule has 5 aromatic rings. The molecule has 0 bridgehead atoms. The second-order valence-electron chi connectivity index (χ2n) is 7.23. The number of halogens is 1. The number of nitrogens with zero attached hydrogens (tertiary/aromatic N) is 5. The first-order chi connectivity index (χ1) is 16.7. The summed E-state index contributed by atoms with van der Waals surface area (Å²) in [5, 5.41) is 14.4. The van der Waals surface area contributed by atoms with Gasteiger partial charge in [0.2, 0.25) is 0 Å². The van der Waals surface area contributed by atoms with E-state index in [4.69, 9.17) is 0 Å². The van der Waals surface area contributed by atoms with Gasteiger partial charge in [0.25, 0.3) is 5.91 Å². The van der Waals surface area contributed by atoms with E-state index in [2.05, 4.69) is 46.6 Å². The highest BCUT2D eigenvalue weighted by atomic mass is 79.9. The minimum absolute atomic E-state index is 0.137. The quantitative estimate of drug-likeness (QED) is 0.178. The SMILES string of the molecule is O=C(CSc1nnc(-c2ccncc2)n1-c1ccccc1)N/N=C\c1c[nH]c2ccc(Br)cc12. The number of fused-ring (bicyclic) bond motifs is 1. The van der Waals surface area contributed by atoms with Gasteiger partial charge in [0, 0.05) is 50.8 Å². The van der Waals surface area contributed by atoms with Crippen LogP contribution in [0.15, 0.2) is 94.0 Å². The zero-order valence-corrected chi connectivity index (χ0v) is 20.1. The summed E-state index contributed by atoms with van der Waals surface area (Å²) in [6.45, 7) is 0. The molecule has 1 amide bonds. The molecule has 10 heteroatoms. The summed E-state index contributed by atoms with van der Waals surface area (Å²) < 4.78 is 2.91. The number of hydrogen-bond donors (Lipinski definition) is 2. The van der Waals surface area contributed by atoms with Crippen LogP contribution in [-0.2, 0) is 4.79 Å². The van der Waals surface area contributed by atoms with Gasteiger partial charge in [-0.25, -0.2) is 5.43 Å². The van der Waals surface area contributed by atoms with Gasteiger partial charge in [0.15, 0.2) is 11.0 Å². The van der Waals surface area contributed by atoms with E-state index < -0.39 is 0 Å². The van der Waals surface area contributed by atoms with E-state index >= 15 is 0 Å². The van der Waals surface area contributed by atoms with E-state index in [0.717, 1.165) is 32.2 Å². The number of pyridine rings is 1. The lowest BCUT2D eigenvalue weighted by Crippen LogP contribution is -2.20. The van der Waals surface area contributed by atoms with Crippen molar-refractivity contribution in [2.45, 2.75) is 5.16 Å². The number of nitrogens with one attached hydrogen (secondary N) is 2. The Morgan fingerprint density at radius 1 is 1.12 bits per heavy atom. The molecule has 34 heavy (non-hydrogen) atoms. The summed E-state index contributed by atoms with van der Waals surface area (Å²) in [4.78, 5) is 19.7. The van der Waals surface area contributed by atoms with Gasteiger partial charge < -0.3 is 4.98 Å². The third-order valence-corrected chi connectivity index (χ3v) is 6.41. The molecule has 8 nitrogen and oxygen atoms in total. The van der Waals surface area contributed by atoms with E-state index in [9.17, 15) is 4.79 Å². The van der Waals surface area contributed by atoms with Crippen LogP contribution in [-0.4, -0.2) is 42.6 Å². The summed E-state index contributed by atoms with van der Waals surface area (Å²) in [6.07, 6.45) is 6.90. The van der Waals surface area contributed by atoms with Gasteiger partial charge in [-0.15, -0.1) is 10.2 Å². The Morgan fingerprint density at radius 2 is 1.94 bits per heavy atom. The van der Waals surface area contributed by atoms with Gasteiger partial charge in [-0.05, 0) is 42.5 Å².